The van der Waals surface area contributed by atoms with E-state index in [9.17, 15) is 14.0 Å². The summed E-state index contributed by atoms with van der Waals surface area (Å²) < 4.78 is 26.7. The zero-order valence-electron chi connectivity index (χ0n) is 11.0. The highest BCUT2D eigenvalue weighted by Gasteiger charge is 2.14. The van der Waals surface area contributed by atoms with Gasteiger partial charge in [0.15, 0.2) is 0 Å². The van der Waals surface area contributed by atoms with Gasteiger partial charge in [0.25, 0.3) is 0 Å². The summed E-state index contributed by atoms with van der Waals surface area (Å²) in [7, 11) is 0. The van der Waals surface area contributed by atoms with E-state index in [1.165, 1.54) is 6.07 Å². The number of thioether (sulfide) groups is 1. The van der Waals surface area contributed by atoms with Crippen molar-refractivity contribution in [3.8, 4) is 6.07 Å². The monoisotopic (exact) mass is 321 g/mol. The summed E-state index contributed by atoms with van der Waals surface area (Å²) in [4.78, 5) is 1.05. The summed E-state index contributed by atoms with van der Waals surface area (Å²) in [5, 5.41) is 9.38. The van der Waals surface area contributed by atoms with Crippen LogP contribution in [-0.4, -0.2) is 6.26 Å². The Morgan fingerprint density at radius 2 is 1.81 bits per heavy atom. The molecule has 106 valence electrons. The van der Waals surface area contributed by atoms with Crippen molar-refractivity contribution in [2.75, 3.05) is 6.26 Å². The summed E-state index contributed by atoms with van der Waals surface area (Å²) in [6.07, 6.45) is 1.95. The molecule has 0 radical (unpaired) electrons. The Balaban J connectivity index is 2.53. The van der Waals surface area contributed by atoms with E-state index in [0.29, 0.717) is 5.56 Å². The smallest absolute Gasteiger partial charge is 0.134 e. The third-order valence-corrected chi connectivity index (χ3v) is 4.03. The fourth-order valence-electron chi connectivity index (χ4n) is 1.80. The van der Waals surface area contributed by atoms with Gasteiger partial charge < -0.3 is 0 Å². The number of hydrogen-bond donors (Lipinski definition) is 0. The molecule has 0 amide bonds. The van der Waals surface area contributed by atoms with Crippen LogP contribution in [0.3, 0.4) is 0 Å². The molecule has 5 heteroatoms. The second-order valence-corrected chi connectivity index (χ2v) is 5.41. The Morgan fingerprint density at radius 3 is 2.33 bits per heavy atom. The van der Waals surface area contributed by atoms with E-state index in [1.807, 2.05) is 24.5 Å². The predicted octanol–water partition coefficient (Wildman–Crippen LogP) is 5.32. The van der Waals surface area contributed by atoms with Gasteiger partial charge in [0.2, 0.25) is 0 Å². The number of nitriles is 1. The van der Waals surface area contributed by atoms with Gasteiger partial charge in [0.05, 0.1) is 10.6 Å². The lowest BCUT2D eigenvalue weighted by molar-refractivity contribution is 0.581. The molecule has 0 atom stereocenters. The molecule has 0 aliphatic heterocycles. The van der Waals surface area contributed by atoms with Crippen molar-refractivity contribution >= 4 is 34.0 Å². The zero-order chi connectivity index (χ0) is 15.4. The Hall–Kier alpha value is -1.83. The molecule has 0 aliphatic carbocycles. The summed E-state index contributed by atoms with van der Waals surface area (Å²) in [5.74, 6) is -1.51. The quantitative estimate of drug-likeness (QED) is 0.434. The largest absolute Gasteiger partial charge is 0.207 e. The van der Waals surface area contributed by atoms with E-state index < -0.39 is 11.6 Å². The van der Waals surface area contributed by atoms with Gasteiger partial charge >= 0.3 is 0 Å². The van der Waals surface area contributed by atoms with E-state index in [0.717, 1.165) is 17.0 Å². The van der Waals surface area contributed by atoms with Crippen LogP contribution in [0, 0.1) is 23.0 Å². The van der Waals surface area contributed by atoms with Crippen molar-refractivity contribution in [3.63, 3.8) is 0 Å². The van der Waals surface area contributed by atoms with Crippen LogP contribution in [0.5, 0.6) is 0 Å². The van der Waals surface area contributed by atoms with Crippen LogP contribution in [0.25, 0.3) is 10.6 Å². The number of hydrogen-bond acceptors (Lipinski definition) is 2. The van der Waals surface area contributed by atoms with Gasteiger partial charge in [-0.25, -0.2) is 8.78 Å². The average Bonchev–Trinajstić information content (AvgIpc) is 2.50. The van der Waals surface area contributed by atoms with Crippen LogP contribution in [-0.2, 0) is 0 Å². The van der Waals surface area contributed by atoms with Gasteiger partial charge in [0, 0.05) is 16.5 Å². The molecule has 0 fully saturated rings. The van der Waals surface area contributed by atoms with E-state index >= 15 is 0 Å². The van der Waals surface area contributed by atoms with Crippen molar-refractivity contribution < 1.29 is 8.78 Å². The minimum atomic E-state index is -0.814. The van der Waals surface area contributed by atoms with Crippen molar-refractivity contribution in [1.82, 2.24) is 0 Å². The zero-order valence-corrected chi connectivity index (χ0v) is 12.6. The maximum atomic E-state index is 13.8. The van der Waals surface area contributed by atoms with Crippen LogP contribution in [0.1, 0.15) is 11.1 Å². The normalized spacial score (nSPS) is 11.8. The molecule has 0 N–H and O–H groups in total. The Morgan fingerprint density at radius 1 is 1.14 bits per heavy atom. The van der Waals surface area contributed by atoms with E-state index in [4.69, 9.17) is 11.6 Å². The molecule has 21 heavy (non-hydrogen) atoms. The molecule has 0 heterocycles. The number of allylic oxidation sites excluding steroid dienone is 1. The molecule has 1 nitrogen and oxygen atoms in total. The fraction of sp³-hybridized carbons (Fsp3) is 0.0625. The standard InChI is InChI=1S/C16H10ClF2NS/c1-21-12-5-2-10(3-6-12)16(17)14(9-20)13-7-4-11(18)8-15(13)19/h2-8H,1H3/b16-14+. The Bertz CT molecular complexity index is 733. The van der Waals surface area contributed by atoms with Crippen molar-refractivity contribution in [3.05, 3.63) is 65.2 Å². The SMILES string of the molecule is CSc1ccc(/C(Cl)=C(/C#N)c2ccc(F)cc2F)cc1. The molecule has 2 aromatic rings. The van der Waals surface area contributed by atoms with Crippen LogP contribution < -0.4 is 0 Å². The lowest BCUT2D eigenvalue weighted by atomic mass is 10.0. The molecule has 0 saturated carbocycles. The summed E-state index contributed by atoms with van der Waals surface area (Å²) in [6, 6.07) is 12.2. The number of benzene rings is 2. The van der Waals surface area contributed by atoms with Gasteiger partial charge in [-0.15, -0.1) is 11.8 Å². The first-order valence-corrected chi connectivity index (χ1v) is 7.57. The molecule has 2 rings (SSSR count). The number of halogens is 3. The highest BCUT2D eigenvalue weighted by Crippen LogP contribution is 2.31. The molecule has 0 aromatic heterocycles. The predicted molar refractivity (Wildman–Crippen MR) is 82.9 cm³/mol. The van der Waals surface area contributed by atoms with Gasteiger partial charge in [-0.1, -0.05) is 23.7 Å². The fourth-order valence-corrected chi connectivity index (χ4v) is 2.48. The lowest BCUT2D eigenvalue weighted by Gasteiger charge is -2.06. The third-order valence-electron chi connectivity index (χ3n) is 2.88. The summed E-state index contributed by atoms with van der Waals surface area (Å²) in [6.45, 7) is 0. The second kappa shape index (κ2) is 6.75. The summed E-state index contributed by atoms with van der Waals surface area (Å²) in [5.41, 5.74) is 0.568. The van der Waals surface area contributed by atoms with Crippen LogP contribution in [0.15, 0.2) is 47.4 Å². The first-order chi connectivity index (χ1) is 10.1. The summed E-state index contributed by atoms with van der Waals surface area (Å²) >= 11 is 7.78. The van der Waals surface area contributed by atoms with Gasteiger partial charge in [-0.2, -0.15) is 5.26 Å². The molecular weight excluding hydrogens is 312 g/mol. The highest BCUT2D eigenvalue weighted by molar-refractivity contribution is 7.98. The molecule has 2 aromatic carbocycles. The topological polar surface area (TPSA) is 23.8 Å². The molecule has 0 saturated heterocycles. The van der Waals surface area contributed by atoms with Crippen molar-refractivity contribution in [2.24, 2.45) is 0 Å². The van der Waals surface area contributed by atoms with Gasteiger partial charge in [-0.3, -0.25) is 0 Å². The first-order valence-electron chi connectivity index (χ1n) is 5.96. The van der Waals surface area contributed by atoms with E-state index in [2.05, 4.69) is 0 Å². The van der Waals surface area contributed by atoms with Crippen molar-refractivity contribution in [1.29, 1.82) is 5.26 Å². The Labute approximate surface area is 130 Å². The van der Waals surface area contributed by atoms with Gasteiger partial charge in [-0.05, 0) is 36.1 Å². The second-order valence-electron chi connectivity index (χ2n) is 4.15. The molecule has 0 aliphatic rings. The highest BCUT2D eigenvalue weighted by atomic mass is 35.5. The Kier molecular flexibility index (Phi) is 5.00. The third kappa shape index (κ3) is 3.44. The minimum Gasteiger partial charge on any atom is -0.207 e. The van der Waals surface area contributed by atoms with Crippen molar-refractivity contribution in [2.45, 2.75) is 4.90 Å². The van der Waals surface area contributed by atoms with E-state index in [1.54, 1.807) is 23.9 Å². The lowest BCUT2D eigenvalue weighted by Crippen LogP contribution is -1.92. The minimum absolute atomic E-state index is 0.0159. The molecule has 0 unspecified atom stereocenters. The average molecular weight is 322 g/mol. The molecule has 0 spiro atoms. The maximum Gasteiger partial charge on any atom is 0.134 e. The number of rotatable bonds is 3. The van der Waals surface area contributed by atoms with Crippen LogP contribution >= 0.6 is 23.4 Å². The maximum absolute atomic E-state index is 13.8. The van der Waals surface area contributed by atoms with E-state index in [-0.39, 0.29) is 16.2 Å². The van der Waals surface area contributed by atoms with Crippen LogP contribution in [0.2, 0.25) is 0 Å². The molecular formula is C16H10ClF2NS. The van der Waals surface area contributed by atoms with Crippen LogP contribution in [0.4, 0.5) is 8.78 Å². The molecule has 0 bridgehead atoms. The number of nitrogens with zero attached hydrogens (tertiary/aromatic N) is 1. The first kappa shape index (κ1) is 15.6. The van der Waals surface area contributed by atoms with Gasteiger partial charge in [0.1, 0.15) is 17.7 Å².